The van der Waals surface area contributed by atoms with Gasteiger partial charge >= 0.3 is 5.76 Å². The van der Waals surface area contributed by atoms with Gasteiger partial charge < -0.3 is 4.98 Å². The van der Waals surface area contributed by atoms with Crippen molar-refractivity contribution >= 4 is 5.57 Å². The number of allylic oxidation sites excluding steroid dienone is 5. The second-order valence-corrected chi connectivity index (χ2v) is 3.69. The summed E-state index contributed by atoms with van der Waals surface area (Å²) in [6.45, 7) is 7.75. The van der Waals surface area contributed by atoms with Crippen molar-refractivity contribution in [3.63, 3.8) is 0 Å². The summed E-state index contributed by atoms with van der Waals surface area (Å²) in [7, 11) is 0. The number of rotatable bonds is 3. The van der Waals surface area contributed by atoms with Gasteiger partial charge in [-0.1, -0.05) is 36.0 Å². The molecule has 0 radical (unpaired) electrons. The Kier molecular flexibility index (Phi) is 5.88. The molecule has 0 aromatic carbocycles. The molecular formula is C14H17N3O2. The average Bonchev–Trinajstić information content (AvgIpc) is 3.01. The van der Waals surface area contributed by atoms with Crippen LogP contribution in [0.2, 0.25) is 0 Å². The topological polar surface area (TPSA) is 74.7 Å². The lowest BCUT2D eigenvalue weighted by Crippen LogP contribution is -1.92. The van der Waals surface area contributed by atoms with Crippen LogP contribution in [0.25, 0.3) is 5.57 Å². The highest BCUT2D eigenvalue weighted by atomic mass is 16.5. The second-order valence-electron chi connectivity index (χ2n) is 3.69. The van der Waals surface area contributed by atoms with Gasteiger partial charge in [-0.05, 0) is 31.1 Å². The smallest absolute Gasteiger partial charge is 0.365 e. The molecule has 19 heavy (non-hydrogen) atoms. The van der Waals surface area contributed by atoms with Crippen molar-refractivity contribution in [1.29, 1.82) is 0 Å². The molecule has 5 heteroatoms. The van der Waals surface area contributed by atoms with Crippen LogP contribution in [0.3, 0.4) is 0 Å². The van der Waals surface area contributed by atoms with Crippen molar-refractivity contribution in [2.24, 2.45) is 0 Å². The van der Waals surface area contributed by atoms with Gasteiger partial charge in [0.2, 0.25) is 0 Å². The second kappa shape index (κ2) is 7.71. The predicted molar refractivity (Wildman–Crippen MR) is 75.6 cm³/mol. The molecule has 0 unspecified atom stereocenters. The third-order valence-electron chi connectivity index (χ3n) is 2.18. The van der Waals surface area contributed by atoms with Gasteiger partial charge in [-0.3, -0.25) is 9.51 Å². The van der Waals surface area contributed by atoms with Crippen LogP contribution < -0.4 is 5.76 Å². The SMILES string of the molecule is C=C/C=C(\C=C/C)c1c[nH]c(C)c1.O=c1[nH]cno1. The minimum Gasteiger partial charge on any atom is -0.365 e. The zero-order chi connectivity index (χ0) is 14.1. The maximum Gasteiger partial charge on any atom is 0.438 e. The molecular weight excluding hydrogens is 242 g/mol. The summed E-state index contributed by atoms with van der Waals surface area (Å²) >= 11 is 0. The summed E-state index contributed by atoms with van der Waals surface area (Å²) in [5, 5.41) is 3.08. The van der Waals surface area contributed by atoms with Crippen LogP contribution in [-0.4, -0.2) is 15.1 Å². The van der Waals surface area contributed by atoms with Gasteiger partial charge in [0.05, 0.1) is 0 Å². The van der Waals surface area contributed by atoms with Crippen LogP contribution in [0.15, 0.2) is 58.8 Å². The fraction of sp³-hybridized carbons (Fsp3) is 0.143. The predicted octanol–water partition coefficient (Wildman–Crippen LogP) is 2.83. The van der Waals surface area contributed by atoms with Crippen LogP contribution in [0.4, 0.5) is 0 Å². The Hall–Kier alpha value is -2.56. The number of H-pyrrole nitrogens is 2. The Labute approximate surface area is 111 Å². The van der Waals surface area contributed by atoms with Crippen molar-refractivity contribution in [2.45, 2.75) is 13.8 Å². The fourth-order valence-corrected chi connectivity index (χ4v) is 1.41. The number of aryl methyl sites for hydroxylation is 1. The molecule has 0 aliphatic heterocycles. The Morgan fingerprint density at radius 1 is 1.47 bits per heavy atom. The zero-order valence-electron chi connectivity index (χ0n) is 11.0. The first-order chi connectivity index (χ1) is 9.17. The standard InChI is InChI=1S/C12H15N.C2H2N2O2/c1-4-6-11(7-5-2)12-8-10(3)13-9-12;5-2-3-1-4-6-2/h4-9,13H,1H2,2-3H3;1H,(H,3,4,5)/b7-5-,11-6+;. The summed E-state index contributed by atoms with van der Waals surface area (Å²) in [6.07, 6.45) is 11.1. The third-order valence-corrected chi connectivity index (χ3v) is 2.18. The maximum atomic E-state index is 9.78. The molecule has 0 aliphatic rings. The van der Waals surface area contributed by atoms with E-state index >= 15 is 0 Å². The summed E-state index contributed by atoms with van der Waals surface area (Å²) < 4.78 is 3.97. The minimum absolute atomic E-state index is 0.519. The molecule has 0 amide bonds. The molecule has 5 nitrogen and oxygen atoms in total. The van der Waals surface area contributed by atoms with Crippen LogP contribution in [0.1, 0.15) is 18.2 Å². The number of aromatic nitrogens is 3. The molecule has 0 aliphatic carbocycles. The van der Waals surface area contributed by atoms with Crippen LogP contribution >= 0.6 is 0 Å². The van der Waals surface area contributed by atoms with E-state index in [4.69, 9.17) is 0 Å². The average molecular weight is 259 g/mol. The molecule has 2 N–H and O–H groups in total. The number of nitrogens with zero attached hydrogens (tertiary/aromatic N) is 1. The van der Waals surface area contributed by atoms with Gasteiger partial charge in [0.25, 0.3) is 0 Å². The van der Waals surface area contributed by atoms with Crippen molar-refractivity contribution in [1.82, 2.24) is 15.1 Å². The molecule has 2 aromatic rings. The largest absolute Gasteiger partial charge is 0.438 e. The van der Waals surface area contributed by atoms with Gasteiger partial charge in [0.15, 0.2) is 0 Å². The lowest BCUT2D eigenvalue weighted by Gasteiger charge is -1.95. The van der Waals surface area contributed by atoms with Crippen molar-refractivity contribution < 1.29 is 4.52 Å². The molecule has 2 aromatic heterocycles. The Morgan fingerprint density at radius 2 is 2.26 bits per heavy atom. The van der Waals surface area contributed by atoms with E-state index in [0.717, 1.165) is 0 Å². The molecule has 0 bridgehead atoms. The van der Waals surface area contributed by atoms with Gasteiger partial charge in [-0.15, -0.1) is 0 Å². The highest BCUT2D eigenvalue weighted by molar-refractivity contribution is 5.75. The monoisotopic (exact) mass is 259 g/mol. The summed E-state index contributed by atoms with van der Waals surface area (Å²) in [6, 6.07) is 2.12. The summed E-state index contributed by atoms with van der Waals surface area (Å²) in [4.78, 5) is 15.1. The number of aromatic amines is 2. The van der Waals surface area contributed by atoms with E-state index in [-0.39, 0.29) is 0 Å². The normalized spacial score (nSPS) is 11.2. The maximum absolute atomic E-state index is 9.78. The summed E-state index contributed by atoms with van der Waals surface area (Å²) in [5.41, 5.74) is 3.56. The van der Waals surface area contributed by atoms with E-state index in [1.165, 1.54) is 23.2 Å². The quantitative estimate of drug-likeness (QED) is 0.832. The van der Waals surface area contributed by atoms with E-state index < -0.39 is 5.76 Å². The molecule has 2 heterocycles. The highest BCUT2D eigenvalue weighted by Crippen LogP contribution is 2.16. The number of nitrogens with one attached hydrogen (secondary N) is 2. The van der Waals surface area contributed by atoms with Crippen molar-refractivity contribution in [2.75, 3.05) is 0 Å². The molecule has 0 fully saturated rings. The Bertz CT molecular complexity index is 598. The van der Waals surface area contributed by atoms with E-state index in [1.54, 1.807) is 6.08 Å². The molecule has 2 rings (SSSR count). The van der Waals surface area contributed by atoms with Gasteiger partial charge in [-0.2, -0.15) is 0 Å². The lowest BCUT2D eigenvalue weighted by molar-refractivity contribution is 0.386. The highest BCUT2D eigenvalue weighted by Gasteiger charge is 1.97. The molecule has 0 saturated heterocycles. The summed E-state index contributed by atoms with van der Waals surface area (Å²) in [5.74, 6) is -0.519. The van der Waals surface area contributed by atoms with Crippen LogP contribution in [-0.2, 0) is 0 Å². The molecule has 0 atom stereocenters. The Morgan fingerprint density at radius 3 is 2.63 bits per heavy atom. The van der Waals surface area contributed by atoms with E-state index in [0.29, 0.717) is 0 Å². The van der Waals surface area contributed by atoms with Gasteiger partial charge in [0, 0.05) is 11.9 Å². The van der Waals surface area contributed by atoms with Gasteiger partial charge in [0.1, 0.15) is 6.33 Å². The fourth-order valence-electron chi connectivity index (χ4n) is 1.41. The molecule has 0 spiro atoms. The Balaban J connectivity index is 0.000000250. The van der Waals surface area contributed by atoms with E-state index in [9.17, 15) is 4.79 Å². The first-order valence-electron chi connectivity index (χ1n) is 5.77. The third kappa shape index (κ3) is 5.08. The number of hydrogen-bond donors (Lipinski definition) is 2. The van der Waals surface area contributed by atoms with E-state index in [1.807, 2.05) is 32.2 Å². The lowest BCUT2D eigenvalue weighted by atomic mass is 10.1. The number of hydrogen-bond acceptors (Lipinski definition) is 3. The van der Waals surface area contributed by atoms with Crippen molar-refractivity contribution in [3.05, 3.63) is 71.3 Å². The minimum atomic E-state index is -0.519. The zero-order valence-corrected chi connectivity index (χ0v) is 11.0. The van der Waals surface area contributed by atoms with Crippen LogP contribution in [0, 0.1) is 6.92 Å². The first kappa shape index (κ1) is 14.5. The first-order valence-corrected chi connectivity index (χ1v) is 5.77. The van der Waals surface area contributed by atoms with Crippen molar-refractivity contribution in [3.8, 4) is 0 Å². The molecule has 100 valence electrons. The van der Waals surface area contributed by atoms with E-state index in [2.05, 4.69) is 38.4 Å². The van der Waals surface area contributed by atoms with Gasteiger partial charge in [-0.25, -0.2) is 4.79 Å². The molecule has 0 saturated carbocycles. The van der Waals surface area contributed by atoms with Crippen LogP contribution in [0.5, 0.6) is 0 Å².